The Hall–Kier alpha value is -2.84. The summed E-state index contributed by atoms with van der Waals surface area (Å²) in [6.07, 6.45) is -5.75. The molecular formula is C17H20N5O9P. The average Bonchev–Trinajstić information content (AvgIpc) is 3.24. The minimum Gasteiger partial charge on any atom is -0.497 e. The van der Waals surface area contributed by atoms with Crippen molar-refractivity contribution < 1.29 is 38.6 Å². The van der Waals surface area contributed by atoms with Gasteiger partial charge in [0.25, 0.3) is 5.56 Å². The van der Waals surface area contributed by atoms with Gasteiger partial charge in [-0.1, -0.05) is 0 Å². The van der Waals surface area contributed by atoms with Crippen LogP contribution < -0.4 is 16.0 Å². The molecule has 0 unspecified atom stereocenters. The van der Waals surface area contributed by atoms with Gasteiger partial charge in [0.15, 0.2) is 17.4 Å². The number of nitrogens with zero attached hydrogens (tertiary/aromatic N) is 3. The van der Waals surface area contributed by atoms with Crippen LogP contribution in [0, 0.1) is 0 Å². The zero-order valence-corrected chi connectivity index (χ0v) is 17.4. The van der Waals surface area contributed by atoms with Gasteiger partial charge in [-0.3, -0.25) is 18.9 Å². The SMILES string of the molecule is COc1ccc(-c2nc3c(=O)[nH]c(N)nc3n2[C@@H]2O[C@H](COP(=O)(O)O)[C@@H](O)[C@H]2O)cc1. The largest absolute Gasteiger partial charge is 0.497 e. The van der Waals surface area contributed by atoms with Crippen LogP contribution in [0.2, 0.25) is 0 Å². The Kier molecular flexibility index (Phi) is 5.77. The standard InChI is InChI=1S/C17H20N5O9P/c1-29-8-4-2-7(3-5-8)13-19-10-14(20-17(18)21-15(10)25)22(13)16-12(24)11(23)9(31-16)6-30-32(26,27)28/h2-5,9,11-12,16,23-24H,6H2,1H3,(H2,26,27,28)(H3,18,20,21,25)/t9-,11-,12-,16-/m1/s1. The quantitative estimate of drug-likeness (QED) is 0.242. The molecule has 4 atom stereocenters. The molecule has 0 amide bonds. The van der Waals surface area contributed by atoms with E-state index in [1.54, 1.807) is 24.3 Å². The van der Waals surface area contributed by atoms with E-state index in [1.807, 2.05) is 0 Å². The molecule has 14 nitrogen and oxygen atoms in total. The highest BCUT2D eigenvalue weighted by molar-refractivity contribution is 7.46. The van der Waals surface area contributed by atoms with Gasteiger partial charge in [0.2, 0.25) is 5.95 Å². The number of nitrogen functional groups attached to an aromatic ring is 1. The van der Waals surface area contributed by atoms with Crippen LogP contribution in [-0.4, -0.2) is 71.5 Å². The van der Waals surface area contributed by atoms with Gasteiger partial charge in [0.05, 0.1) is 13.7 Å². The number of ether oxygens (including phenoxy) is 2. The summed E-state index contributed by atoms with van der Waals surface area (Å²) in [6.45, 7) is -0.695. The zero-order valence-electron chi connectivity index (χ0n) is 16.5. The summed E-state index contributed by atoms with van der Waals surface area (Å²) in [5, 5.41) is 21.0. The van der Waals surface area contributed by atoms with Crippen molar-refractivity contribution in [2.24, 2.45) is 0 Å². The van der Waals surface area contributed by atoms with Crippen molar-refractivity contribution in [3.05, 3.63) is 34.6 Å². The molecule has 1 aliphatic rings. The van der Waals surface area contributed by atoms with Gasteiger partial charge < -0.3 is 35.2 Å². The van der Waals surface area contributed by atoms with Crippen molar-refractivity contribution >= 4 is 24.9 Å². The number of aliphatic hydroxyl groups excluding tert-OH is 2. The smallest absolute Gasteiger partial charge is 0.469 e. The number of nitrogens with two attached hydrogens (primary N) is 1. The van der Waals surface area contributed by atoms with E-state index in [1.165, 1.54) is 11.7 Å². The summed E-state index contributed by atoms with van der Waals surface area (Å²) in [5.74, 6) is 0.525. The number of methoxy groups -OCH3 is 1. The number of phosphoric ester groups is 1. The van der Waals surface area contributed by atoms with Gasteiger partial charge in [-0.2, -0.15) is 4.98 Å². The predicted octanol–water partition coefficient (Wildman–Crippen LogP) is -0.894. The van der Waals surface area contributed by atoms with E-state index in [-0.39, 0.29) is 22.9 Å². The molecule has 1 saturated heterocycles. The topological polar surface area (TPSA) is 215 Å². The van der Waals surface area contributed by atoms with Crippen molar-refractivity contribution in [3.8, 4) is 17.1 Å². The summed E-state index contributed by atoms with van der Waals surface area (Å²) in [6, 6.07) is 6.62. The number of nitrogens with one attached hydrogen (secondary N) is 1. The van der Waals surface area contributed by atoms with Crippen molar-refractivity contribution in [3.63, 3.8) is 0 Å². The lowest BCUT2D eigenvalue weighted by molar-refractivity contribution is -0.0496. The second kappa shape index (κ2) is 8.26. The third kappa shape index (κ3) is 4.12. The average molecular weight is 469 g/mol. The highest BCUT2D eigenvalue weighted by Gasteiger charge is 2.46. The molecule has 0 spiro atoms. The van der Waals surface area contributed by atoms with E-state index in [2.05, 4.69) is 19.5 Å². The molecule has 4 rings (SSSR count). The number of rotatable bonds is 6. The van der Waals surface area contributed by atoms with Crippen LogP contribution in [0.15, 0.2) is 29.1 Å². The Balaban J connectivity index is 1.83. The van der Waals surface area contributed by atoms with Crippen molar-refractivity contribution in [2.75, 3.05) is 19.5 Å². The lowest BCUT2D eigenvalue weighted by atomic mass is 10.1. The summed E-state index contributed by atoms with van der Waals surface area (Å²) in [4.78, 5) is 41.0. The molecule has 1 fully saturated rings. The molecule has 1 aromatic carbocycles. The number of aromatic nitrogens is 4. The minimum atomic E-state index is -4.84. The van der Waals surface area contributed by atoms with Crippen LogP contribution in [0.1, 0.15) is 6.23 Å². The fourth-order valence-corrected chi connectivity index (χ4v) is 3.78. The first-order valence-electron chi connectivity index (χ1n) is 9.23. The maximum absolute atomic E-state index is 12.4. The number of benzene rings is 1. The first-order chi connectivity index (χ1) is 15.1. The molecule has 172 valence electrons. The monoisotopic (exact) mass is 469 g/mol. The van der Waals surface area contributed by atoms with Crippen LogP contribution in [0.25, 0.3) is 22.6 Å². The molecule has 0 radical (unpaired) electrons. The second-order valence-electron chi connectivity index (χ2n) is 6.99. The molecule has 32 heavy (non-hydrogen) atoms. The molecule has 3 heterocycles. The van der Waals surface area contributed by atoms with Crippen LogP contribution in [0.5, 0.6) is 5.75 Å². The number of aromatic amines is 1. The van der Waals surface area contributed by atoms with Gasteiger partial charge >= 0.3 is 7.82 Å². The number of hydrogen-bond donors (Lipinski definition) is 6. The Morgan fingerprint density at radius 2 is 1.91 bits per heavy atom. The number of phosphoric acid groups is 1. The van der Waals surface area contributed by atoms with Crippen LogP contribution in [-0.2, 0) is 13.8 Å². The van der Waals surface area contributed by atoms with Gasteiger partial charge in [-0.05, 0) is 24.3 Å². The molecule has 0 aliphatic carbocycles. The molecule has 2 aromatic heterocycles. The van der Waals surface area contributed by atoms with E-state index in [0.717, 1.165) is 0 Å². The van der Waals surface area contributed by atoms with Crippen molar-refractivity contribution in [1.29, 1.82) is 0 Å². The van der Waals surface area contributed by atoms with Gasteiger partial charge in [-0.15, -0.1) is 0 Å². The predicted molar refractivity (Wildman–Crippen MR) is 108 cm³/mol. The molecule has 0 bridgehead atoms. The highest BCUT2D eigenvalue weighted by Crippen LogP contribution is 2.40. The Labute approximate surface area is 179 Å². The van der Waals surface area contributed by atoms with Crippen LogP contribution in [0.3, 0.4) is 0 Å². The number of H-pyrrole nitrogens is 1. The van der Waals surface area contributed by atoms with Crippen molar-refractivity contribution in [1.82, 2.24) is 19.5 Å². The Morgan fingerprint density at radius 3 is 2.53 bits per heavy atom. The second-order valence-corrected chi connectivity index (χ2v) is 8.23. The molecular weight excluding hydrogens is 449 g/mol. The zero-order chi connectivity index (χ0) is 23.2. The van der Waals surface area contributed by atoms with Gasteiger partial charge in [-0.25, -0.2) is 9.55 Å². The summed E-state index contributed by atoms with van der Waals surface area (Å²) < 4.78 is 27.5. The Bertz CT molecular complexity index is 1240. The van der Waals surface area contributed by atoms with E-state index < -0.39 is 44.5 Å². The van der Waals surface area contributed by atoms with E-state index in [0.29, 0.717) is 11.3 Å². The lowest BCUT2D eigenvalue weighted by Gasteiger charge is -2.19. The van der Waals surface area contributed by atoms with E-state index >= 15 is 0 Å². The fraction of sp³-hybridized carbons (Fsp3) is 0.353. The molecule has 3 aromatic rings. The van der Waals surface area contributed by atoms with Crippen LogP contribution in [0.4, 0.5) is 5.95 Å². The molecule has 15 heteroatoms. The number of aliphatic hydroxyl groups is 2. The maximum Gasteiger partial charge on any atom is 0.469 e. The molecule has 7 N–H and O–H groups in total. The number of imidazole rings is 1. The minimum absolute atomic E-state index is 0.0233. The lowest BCUT2D eigenvalue weighted by Crippen LogP contribution is -2.33. The highest BCUT2D eigenvalue weighted by atomic mass is 31.2. The summed E-state index contributed by atoms with van der Waals surface area (Å²) in [7, 11) is -3.34. The van der Waals surface area contributed by atoms with Gasteiger partial charge in [0, 0.05) is 5.56 Å². The normalized spacial score (nSPS) is 23.7. The fourth-order valence-electron chi connectivity index (χ4n) is 3.44. The summed E-state index contributed by atoms with van der Waals surface area (Å²) >= 11 is 0. The molecule has 1 aliphatic heterocycles. The van der Waals surface area contributed by atoms with E-state index in [9.17, 15) is 19.6 Å². The van der Waals surface area contributed by atoms with E-state index in [4.69, 9.17) is 25.0 Å². The first kappa shape index (κ1) is 22.4. The van der Waals surface area contributed by atoms with Crippen LogP contribution >= 0.6 is 7.82 Å². The number of fused-ring (bicyclic) bond motifs is 1. The molecule has 0 saturated carbocycles. The maximum atomic E-state index is 12.4. The Morgan fingerprint density at radius 1 is 1.22 bits per heavy atom. The third-order valence-corrected chi connectivity index (χ3v) is 5.40. The number of hydrogen-bond acceptors (Lipinski definition) is 10. The number of anilines is 1. The summed E-state index contributed by atoms with van der Waals surface area (Å²) in [5.41, 5.74) is 5.44. The third-order valence-electron chi connectivity index (χ3n) is 4.92. The van der Waals surface area contributed by atoms with Crippen molar-refractivity contribution in [2.45, 2.75) is 24.5 Å². The van der Waals surface area contributed by atoms with Gasteiger partial charge in [0.1, 0.15) is 29.9 Å². The first-order valence-corrected chi connectivity index (χ1v) is 10.8.